The maximum absolute atomic E-state index is 10.2. The van der Waals surface area contributed by atoms with E-state index in [9.17, 15) is 4.79 Å². The zero-order valence-electron chi connectivity index (χ0n) is 18.7. The summed E-state index contributed by atoms with van der Waals surface area (Å²) in [6.45, 7) is 1.13. The largest absolute Gasteiger partial charge is 0.493 e. The number of carboxylic acid groups (broad SMARTS) is 1. The molecule has 5 nitrogen and oxygen atoms in total. The number of hydrogen-bond acceptors (Lipinski definition) is 6. The van der Waals surface area contributed by atoms with Crippen molar-refractivity contribution in [3.63, 3.8) is 0 Å². The average molecular weight is 484 g/mol. The quantitative estimate of drug-likeness (QED) is 0.648. The van der Waals surface area contributed by atoms with E-state index in [1.54, 1.807) is 37.4 Å². The minimum atomic E-state index is -0.879. The van der Waals surface area contributed by atoms with Crippen LogP contribution in [-0.2, 0) is 11.8 Å². The van der Waals surface area contributed by atoms with E-state index < -0.39 is 5.97 Å². The van der Waals surface area contributed by atoms with Gasteiger partial charge in [0.05, 0.1) is 16.8 Å². The highest BCUT2D eigenvalue weighted by Crippen LogP contribution is 2.69. The van der Waals surface area contributed by atoms with Crippen LogP contribution in [0.2, 0.25) is 0 Å². The maximum atomic E-state index is 10.2. The topological polar surface area (TPSA) is 67.8 Å². The zero-order chi connectivity index (χ0) is 22.6. The Morgan fingerprint density at radius 2 is 1.94 bits per heavy atom. The Hall–Kier alpha value is -1.83. The Balaban J connectivity index is 0.000000195. The van der Waals surface area contributed by atoms with Crippen LogP contribution in [-0.4, -0.2) is 52.5 Å². The van der Waals surface area contributed by atoms with Gasteiger partial charge in [-0.3, -0.25) is 0 Å². The van der Waals surface area contributed by atoms with Gasteiger partial charge in [0.25, 0.3) is 0 Å². The van der Waals surface area contributed by atoms with E-state index in [-0.39, 0.29) is 9.49 Å². The lowest BCUT2D eigenvalue weighted by molar-refractivity contribution is 0.000611. The number of rotatable bonds is 2. The summed E-state index contributed by atoms with van der Waals surface area (Å²) >= 11 is 4.35. The molecule has 4 atom stereocenters. The molecule has 3 fully saturated rings. The van der Waals surface area contributed by atoms with Crippen molar-refractivity contribution in [2.45, 2.75) is 47.3 Å². The van der Waals surface area contributed by atoms with E-state index in [2.05, 4.69) is 41.0 Å². The Labute approximate surface area is 203 Å². The molecule has 0 amide bonds. The first kappa shape index (κ1) is 21.7. The molecule has 4 unspecified atom stereocenters. The molecule has 7 rings (SSSR count). The van der Waals surface area contributed by atoms with Gasteiger partial charge in [-0.2, -0.15) is 0 Å². The summed E-state index contributed by atoms with van der Waals surface area (Å²) in [5.41, 5.74) is 3.58. The van der Waals surface area contributed by atoms with Gasteiger partial charge in [0.1, 0.15) is 6.10 Å². The SMILES string of the molecule is COc1ccc2c3c1OC1C4(CCC5C(C2)NCCC351)SCCS4.O=C(O)c1ccccc1. The van der Waals surface area contributed by atoms with Gasteiger partial charge >= 0.3 is 5.97 Å². The molecule has 2 aliphatic carbocycles. The fourth-order valence-electron chi connectivity index (χ4n) is 6.93. The molecule has 0 radical (unpaired) electrons. The highest BCUT2D eigenvalue weighted by atomic mass is 32.2. The van der Waals surface area contributed by atoms with Crippen LogP contribution in [0.15, 0.2) is 42.5 Å². The van der Waals surface area contributed by atoms with Crippen LogP contribution in [0.4, 0.5) is 0 Å². The fourth-order valence-corrected chi connectivity index (χ4v) is 10.5. The molecule has 0 aromatic heterocycles. The second kappa shape index (κ2) is 8.14. The van der Waals surface area contributed by atoms with Crippen LogP contribution < -0.4 is 14.8 Å². The van der Waals surface area contributed by atoms with E-state index in [4.69, 9.17) is 14.6 Å². The van der Waals surface area contributed by atoms with Crippen molar-refractivity contribution in [2.24, 2.45) is 5.92 Å². The predicted molar refractivity (Wildman–Crippen MR) is 133 cm³/mol. The molecule has 1 saturated carbocycles. The summed E-state index contributed by atoms with van der Waals surface area (Å²) < 4.78 is 12.8. The standard InChI is InChI=1S/C19H23NO2S2.C7H6O2/c1-21-14-3-2-11-10-13-12-4-5-19(23-8-9-24-19)17-18(12,6-7-20-13)15(11)16(14)22-17;8-7(9)6-4-2-1-3-5-6/h2-3,12-13,17,20H,4-10H2,1H3;1-5H,(H,8,9). The van der Waals surface area contributed by atoms with Crippen molar-refractivity contribution in [2.75, 3.05) is 25.2 Å². The van der Waals surface area contributed by atoms with Crippen molar-refractivity contribution >= 4 is 29.5 Å². The van der Waals surface area contributed by atoms with Crippen LogP contribution in [0.5, 0.6) is 11.5 Å². The smallest absolute Gasteiger partial charge is 0.335 e. The highest BCUT2D eigenvalue weighted by Gasteiger charge is 2.69. The number of ether oxygens (including phenoxy) is 2. The number of benzene rings is 2. The normalized spacial score (nSPS) is 31.7. The Morgan fingerprint density at radius 3 is 2.64 bits per heavy atom. The number of carbonyl (C=O) groups is 1. The molecule has 2 aromatic rings. The van der Waals surface area contributed by atoms with Gasteiger partial charge in [-0.05, 0) is 61.9 Å². The van der Waals surface area contributed by atoms with Gasteiger partial charge < -0.3 is 19.9 Å². The van der Waals surface area contributed by atoms with Crippen LogP contribution in [0, 0.1) is 5.92 Å². The second-order valence-electron chi connectivity index (χ2n) is 9.51. The molecule has 2 aromatic carbocycles. The number of piperidine rings is 1. The first-order valence-electron chi connectivity index (χ1n) is 11.8. The van der Waals surface area contributed by atoms with E-state index in [0.717, 1.165) is 30.4 Å². The third kappa shape index (κ3) is 3.15. The summed E-state index contributed by atoms with van der Waals surface area (Å²) in [5.74, 6) is 4.41. The van der Waals surface area contributed by atoms with Gasteiger partial charge in [0, 0.05) is 28.5 Å². The lowest BCUT2D eigenvalue weighted by Crippen LogP contribution is -2.67. The molecule has 2 bridgehead atoms. The third-order valence-electron chi connectivity index (χ3n) is 8.13. The Kier molecular flexibility index (Phi) is 5.35. The second-order valence-corrected chi connectivity index (χ2v) is 12.6. The summed E-state index contributed by atoms with van der Waals surface area (Å²) in [6.07, 6.45) is 5.32. The first-order valence-corrected chi connectivity index (χ1v) is 13.7. The van der Waals surface area contributed by atoms with Crippen LogP contribution in [0.3, 0.4) is 0 Å². The summed E-state index contributed by atoms with van der Waals surface area (Å²) in [5, 5.41) is 12.2. The zero-order valence-corrected chi connectivity index (χ0v) is 20.3. The van der Waals surface area contributed by atoms with Crippen molar-refractivity contribution < 1.29 is 19.4 Å². The molecule has 2 N–H and O–H groups in total. The van der Waals surface area contributed by atoms with Crippen LogP contribution in [0.25, 0.3) is 0 Å². The van der Waals surface area contributed by atoms with E-state index in [1.165, 1.54) is 41.9 Å². The number of hydrogen-bond donors (Lipinski definition) is 2. The summed E-state index contributed by atoms with van der Waals surface area (Å²) in [7, 11) is 1.78. The van der Waals surface area contributed by atoms with Crippen molar-refractivity contribution in [3.05, 3.63) is 59.2 Å². The van der Waals surface area contributed by atoms with Crippen LogP contribution >= 0.6 is 23.5 Å². The van der Waals surface area contributed by atoms with Gasteiger partial charge in [0.2, 0.25) is 0 Å². The number of methoxy groups -OCH3 is 1. The van der Waals surface area contributed by atoms with Gasteiger partial charge in [-0.15, -0.1) is 23.5 Å². The van der Waals surface area contributed by atoms with Crippen molar-refractivity contribution in [3.8, 4) is 11.5 Å². The molecule has 3 heterocycles. The van der Waals surface area contributed by atoms with Gasteiger partial charge in [-0.25, -0.2) is 4.79 Å². The molecular weight excluding hydrogens is 454 g/mol. The molecule has 33 heavy (non-hydrogen) atoms. The number of carboxylic acids is 1. The lowest BCUT2D eigenvalue weighted by atomic mass is 9.52. The molecular formula is C26H29NO4S2. The maximum Gasteiger partial charge on any atom is 0.335 e. The van der Waals surface area contributed by atoms with Crippen molar-refractivity contribution in [1.29, 1.82) is 0 Å². The summed E-state index contributed by atoms with van der Waals surface area (Å²) in [6, 6.07) is 13.4. The summed E-state index contributed by atoms with van der Waals surface area (Å²) in [4.78, 5) is 10.2. The predicted octanol–water partition coefficient (Wildman–Crippen LogP) is 4.58. The minimum Gasteiger partial charge on any atom is -0.493 e. The number of nitrogens with one attached hydrogen (secondary N) is 1. The Bertz CT molecular complexity index is 1070. The first-order chi connectivity index (χ1) is 16.1. The van der Waals surface area contributed by atoms with E-state index in [1.807, 2.05) is 0 Å². The number of aromatic carboxylic acids is 1. The monoisotopic (exact) mass is 483 g/mol. The van der Waals surface area contributed by atoms with Crippen molar-refractivity contribution in [1.82, 2.24) is 5.32 Å². The third-order valence-corrected chi connectivity index (χ3v) is 11.7. The Morgan fingerprint density at radius 1 is 1.15 bits per heavy atom. The minimum absolute atomic E-state index is 0.218. The number of fused-ring (bicyclic) bond motifs is 1. The van der Waals surface area contributed by atoms with Gasteiger partial charge in [0.15, 0.2) is 11.5 Å². The molecule has 2 saturated heterocycles. The van der Waals surface area contributed by atoms with Crippen LogP contribution in [0.1, 0.15) is 40.7 Å². The van der Waals surface area contributed by atoms with Gasteiger partial charge in [-0.1, -0.05) is 24.3 Å². The lowest BCUT2D eigenvalue weighted by Gasteiger charge is -2.59. The molecule has 2 spiro atoms. The fraction of sp³-hybridized carbons (Fsp3) is 0.500. The average Bonchev–Trinajstić information content (AvgIpc) is 3.44. The molecule has 174 valence electrons. The molecule has 5 aliphatic rings. The molecule has 3 aliphatic heterocycles. The number of thioether (sulfide) groups is 2. The molecule has 7 heteroatoms. The van der Waals surface area contributed by atoms with E-state index in [0.29, 0.717) is 17.7 Å². The van der Waals surface area contributed by atoms with E-state index >= 15 is 0 Å². The highest BCUT2D eigenvalue weighted by molar-refractivity contribution is 8.21.